The number of alkyl halides is 3. The minimum Gasteiger partial charge on any atom is -0.340 e. The Morgan fingerprint density at radius 3 is 2.50 bits per heavy atom. The molecule has 1 heterocycles. The zero-order valence-corrected chi connectivity index (χ0v) is 13.4. The number of hydrogen-bond donors (Lipinski definition) is 3. The van der Waals surface area contributed by atoms with Crippen molar-refractivity contribution in [3.05, 3.63) is 54.2 Å². The molecule has 1 aromatic heterocycles. The van der Waals surface area contributed by atoms with Crippen molar-refractivity contribution >= 4 is 29.5 Å². The van der Waals surface area contributed by atoms with Crippen molar-refractivity contribution in [3.8, 4) is 0 Å². The van der Waals surface area contributed by atoms with E-state index < -0.39 is 11.7 Å². The van der Waals surface area contributed by atoms with Gasteiger partial charge in [-0.2, -0.15) is 13.2 Å². The zero-order chi connectivity index (χ0) is 17.7. The Labute approximate surface area is 141 Å². The van der Waals surface area contributed by atoms with Gasteiger partial charge in [0.2, 0.25) is 0 Å². The molecule has 0 saturated heterocycles. The molecule has 3 N–H and O–H groups in total. The predicted molar refractivity (Wildman–Crippen MR) is 87.6 cm³/mol. The van der Waals surface area contributed by atoms with Crippen LogP contribution in [-0.4, -0.2) is 21.8 Å². The van der Waals surface area contributed by atoms with Crippen LogP contribution in [0.15, 0.2) is 48.0 Å². The zero-order valence-electron chi connectivity index (χ0n) is 12.6. The average molecular weight is 356 g/mol. The van der Waals surface area contributed by atoms with E-state index >= 15 is 0 Å². The Balaban J connectivity index is 2.18. The van der Waals surface area contributed by atoms with Crippen molar-refractivity contribution in [1.82, 2.24) is 15.0 Å². The van der Waals surface area contributed by atoms with Crippen LogP contribution in [0.25, 0.3) is 6.08 Å². The first-order valence-corrected chi connectivity index (χ1v) is 7.52. The molecule has 24 heavy (non-hydrogen) atoms. The second kappa shape index (κ2) is 7.67. The maximum atomic E-state index is 12.6. The lowest BCUT2D eigenvalue weighted by Crippen LogP contribution is -2.23. The number of anilines is 2. The highest BCUT2D eigenvalue weighted by Crippen LogP contribution is 2.31. The van der Waals surface area contributed by atoms with Crippen molar-refractivity contribution in [2.24, 2.45) is 0 Å². The lowest BCUT2D eigenvalue weighted by Gasteiger charge is -2.14. The molecule has 0 unspecified atom stereocenters. The Morgan fingerprint density at radius 2 is 1.96 bits per heavy atom. The van der Waals surface area contributed by atoms with Crippen molar-refractivity contribution in [2.75, 3.05) is 12.4 Å². The lowest BCUT2D eigenvalue weighted by atomic mass is 10.2. The molecule has 0 atom stereocenters. The normalized spacial score (nSPS) is 11.6. The summed E-state index contributed by atoms with van der Waals surface area (Å²) in [6.07, 6.45) is -1.29. The molecule has 0 radical (unpaired) electrons. The SMILES string of the molecule is C=Cc1cc(SN(O)NC)cnc1Nc1ccc(C(F)(F)F)cc1. The molecular formula is C15H15F3N4OS. The van der Waals surface area contributed by atoms with Gasteiger partial charge in [-0.1, -0.05) is 17.2 Å². The molecule has 128 valence electrons. The number of hydrazine groups is 1. The summed E-state index contributed by atoms with van der Waals surface area (Å²) in [5.74, 6) is 0.447. The molecule has 0 aliphatic rings. The van der Waals surface area contributed by atoms with Crippen LogP contribution in [0.5, 0.6) is 0 Å². The molecule has 5 nitrogen and oxygen atoms in total. The van der Waals surface area contributed by atoms with Gasteiger partial charge in [0.25, 0.3) is 0 Å². The van der Waals surface area contributed by atoms with E-state index in [-0.39, 0.29) is 0 Å². The van der Waals surface area contributed by atoms with E-state index in [2.05, 4.69) is 22.3 Å². The predicted octanol–water partition coefficient (Wildman–Crippen LogP) is 4.32. The number of halogens is 3. The van der Waals surface area contributed by atoms with E-state index in [0.29, 0.717) is 22.0 Å². The van der Waals surface area contributed by atoms with Crippen molar-refractivity contribution < 1.29 is 18.4 Å². The second-order valence-electron chi connectivity index (χ2n) is 4.60. The molecule has 2 aromatic rings. The summed E-state index contributed by atoms with van der Waals surface area (Å²) in [6.45, 7) is 3.69. The van der Waals surface area contributed by atoms with Crippen LogP contribution >= 0.6 is 11.9 Å². The summed E-state index contributed by atoms with van der Waals surface area (Å²) >= 11 is 1.01. The largest absolute Gasteiger partial charge is 0.416 e. The van der Waals surface area contributed by atoms with Gasteiger partial charge < -0.3 is 5.32 Å². The summed E-state index contributed by atoms with van der Waals surface area (Å²) in [6, 6.07) is 6.39. The maximum Gasteiger partial charge on any atom is 0.416 e. The molecule has 0 aliphatic heterocycles. The number of rotatable bonds is 6. The number of nitrogens with zero attached hydrogens (tertiary/aromatic N) is 2. The molecule has 1 aromatic carbocycles. The standard InChI is InChI=1S/C15H15F3N4OS/c1-3-10-8-13(24-22(23)19-2)9-20-14(10)21-12-6-4-11(5-7-12)15(16,17)18/h3-9,19,23H,1H2,2H3,(H,20,21). The smallest absolute Gasteiger partial charge is 0.340 e. The van der Waals surface area contributed by atoms with Gasteiger partial charge >= 0.3 is 6.18 Å². The summed E-state index contributed by atoms with van der Waals surface area (Å²) in [7, 11) is 1.55. The fraction of sp³-hybridized carbons (Fsp3) is 0.133. The van der Waals surface area contributed by atoms with Gasteiger partial charge in [0.15, 0.2) is 0 Å². The first kappa shape index (κ1) is 18.3. The number of hydrogen-bond acceptors (Lipinski definition) is 6. The van der Waals surface area contributed by atoms with E-state index in [4.69, 9.17) is 0 Å². The van der Waals surface area contributed by atoms with Crippen LogP contribution < -0.4 is 10.7 Å². The van der Waals surface area contributed by atoms with Crippen LogP contribution in [0, 0.1) is 0 Å². The fourth-order valence-electron chi connectivity index (χ4n) is 1.80. The average Bonchev–Trinajstić information content (AvgIpc) is 2.55. The monoisotopic (exact) mass is 356 g/mol. The molecule has 0 spiro atoms. The number of aromatic nitrogens is 1. The second-order valence-corrected chi connectivity index (χ2v) is 5.60. The van der Waals surface area contributed by atoms with Gasteiger partial charge in [0.05, 0.1) is 5.56 Å². The van der Waals surface area contributed by atoms with Gasteiger partial charge in [0.1, 0.15) is 5.82 Å². The minimum atomic E-state index is -4.37. The van der Waals surface area contributed by atoms with Crippen molar-refractivity contribution in [1.29, 1.82) is 0 Å². The molecule has 0 aliphatic carbocycles. The van der Waals surface area contributed by atoms with Crippen LogP contribution in [0.1, 0.15) is 11.1 Å². The molecule has 2 rings (SSSR count). The highest BCUT2D eigenvalue weighted by Gasteiger charge is 2.29. The van der Waals surface area contributed by atoms with Crippen molar-refractivity contribution in [2.45, 2.75) is 11.1 Å². The minimum absolute atomic E-state index is 0.447. The topological polar surface area (TPSA) is 60.4 Å². The van der Waals surface area contributed by atoms with Crippen molar-refractivity contribution in [3.63, 3.8) is 0 Å². The summed E-state index contributed by atoms with van der Waals surface area (Å²) < 4.78 is 38.5. The summed E-state index contributed by atoms with van der Waals surface area (Å²) in [4.78, 5) is 4.86. The van der Waals surface area contributed by atoms with E-state index in [0.717, 1.165) is 28.7 Å². The van der Waals surface area contributed by atoms with Crippen LogP contribution in [0.2, 0.25) is 0 Å². The first-order valence-electron chi connectivity index (χ1n) is 6.74. The number of benzene rings is 1. The van der Waals surface area contributed by atoms with Crippen LogP contribution in [-0.2, 0) is 6.18 Å². The van der Waals surface area contributed by atoms with Crippen LogP contribution in [0.3, 0.4) is 0 Å². The Kier molecular flexibility index (Phi) is 5.84. The highest BCUT2D eigenvalue weighted by atomic mass is 32.2. The number of nitrogens with one attached hydrogen (secondary N) is 2. The van der Waals surface area contributed by atoms with Gasteiger partial charge in [-0.25, -0.2) is 10.4 Å². The van der Waals surface area contributed by atoms with Gasteiger partial charge in [-0.3, -0.25) is 5.21 Å². The molecule has 0 bridgehead atoms. The Morgan fingerprint density at radius 1 is 1.29 bits per heavy atom. The lowest BCUT2D eigenvalue weighted by molar-refractivity contribution is -0.137. The quantitative estimate of drug-likeness (QED) is 0.529. The number of pyridine rings is 1. The molecule has 0 saturated carbocycles. The third-order valence-electron chi connectivity index (χ3n) is 2.97. The molecular weight excluding hydrogens is 341 g/mol. The summed E-state index contributed by atoms with van der Waals surface area (Å²) in [5.41, 5.74) is 2.91. The molecule has 0 fully saturated rings. The fourth-order valence-corrected chi connectivity index (χ4v) is 2.37. The van der Waals surface area contributed by atoms with E-state index in [1.165, 1.54) is 18.3 Å². The van der Waals surface area contributed by atoms with Gasteiger partial charge in [-0.15, -0.1) is 0 Å². The first-order chi connectivity index (χ1) is 11.3. The van der Waals surface area contributed by atoms with Gasteiger partial charge in [-0.05, 0) is 30.3 Å². The van der Waals surface area contributed by atoms with Gasteiger partial charge in [0, 0.05) is 41.3 Å². The van der Waals surface area contributed by atoms with E-state index in [1.54, 1.807) is 19.2 Å². The third kappa shape index (κ3) is 4.71. The maximum absolute atomic E-state index is 12.6. The molecule has 9 heteroatoms. The third-order valence-corrected chi connectivity index (χ3v) is 3.76. The van der Waals surface area contributed by atoms with E-state index in [9.17, 15) is 18.4 Å². The van der Waals surface area contributed by atoms with Crippen LogP contribution in [0.4, 0.5) is 24.7 Å². The Bertz CT molecular complexity index is 707. The molecule has 0 amide bonds. The summed E-state index contributed by atoms with van der Waals surface area (Å²) in [5, 5.41) is 12.3. The highest BCUT2D eigenvalue weighted by molar-refractivity contribution is 7.96. The van der Waals surface area contributed by atoms with E-state index in [1.807, 2.05) is 0 Å². The Hall–Kier alpha value is -2.07.